The van der Waals surface area contributed by atoms with Gasteiger partial charge in [-0.15, -0.1) is 0 Å². The molecule has 2 nitrogen and oxygen atoms in total. The third kappa shape index (κ3) is 2.96. The highest BCUT2D eigenvalue weighted by atomic mass is 15.2. The third-order valence-corrected chi connectivity index (χ3v) is 3.84. The lowest BCUT2D eigenvalue weighted by molar-refractivity contribution is 0.150. The smallest absolute Gasteiger partial charge is 0.0218 e. The van der Waals surface area contributed by atoms with Gasteiger partial charge in [0, 0.05) is 18.1 Å². The molecule has 2 heteroatoms. The molecule has 1 fully saturated rings. The average Bonchev–Trinajstić information content (AvgIpc) is 2.98. The standard InChI is InChI=1S/C12H26N2/c1-6-13-9(2)10(3)14(5)11(4)12-7-8-12/h9-13H,6-8H2,1-5H3. The predicted octanol–water partition coefficient (Wildman–Crippen LogP) is 2.10. The fourth-order valence-electron chi connectivity index (χ4n) is 2.13. The number of likely N-dealkylation sites (N-methyl/N-ethyl adjacent to an activating group) is 2. The lowest BCUT2D eigenvalue weighted by Crippen LogP contribution is -2.48. The van der Waals surface area contributed by atoms with E-state index in [4.69, 9.17) is 0 Å². The first-order valence-electron chi connectivity index (χ1n) is 6.03. The molecule has 3 unspecified atom stereocenters. The van der Waals surface area contributed by atoms with Crippen LogP contribution in [0, 0.1) is 5.92 Å². The Kier molecular flexibility index (Phi) is 4.39. The summed E-state index contributed by atoms with van der Waals surface area (Å²) >= 11 is 0. The second kappa shape index (κ2) is 5.13. The van der Waals surface area contributed by atoms with Gasteiger partial charge in [-0.05, 0) is 53.1 Å². The quantitative estimate of drug-likeness (QED) is 0.703. The van der Waals surface area contributed by atoms with Crippen LogP contribution in [0.15, 0.2) is 0 Å². The molecule has 0 aromatic carbocycles. The molecule has 84 valence electrons. The number of hydrogen-bond acceptors (Lipinski definition) is 2. The van der Waals surface area contributed by atoms with Gasteiger partial charge in [-0.25, -0.2) is 0 Å². The van der Waals surface area contributed by atoms with E-state index in [-0.39, 0.29) is 0 Å². The van der Waals surface area contributed by atoms with Crippen molar-refractivity contribution in [1.82, 2.24) is 10.2 Å². The van der Waals surface area contributed by atoms with Gasteiger partial charge in [-0.3, -0.25) is 4.90 Å². The minimum absolute atomic E-state index is 0.589. The maximum atomic E-state index is 3.50. The summed E-state index contributed by atoms with van der Waals surface area (Å²) in [4.78, 5) is 2.53. The normalized spacial score (nSPS) is 23.6. The van der Waals surface area contributed by atoms with Crippen molar-refractivity contribution in [2.75, 3.05) is 13.6 Å². The van der Waals surface area contributed by atoms with Gasteiger partial charge in [0.25, 0.3) is 0 Å². The third-order valence-electron chi connectivity index (χ3n) is 3.84. The number of nitrogens with one attached hydrogen (secondary N) is 1. The second-order valence-corrected chi connectivity index (χ2v) is 4.83. The van der Waals surface area contributed by atoms with Crippen molar-refractivity contribution in [2.24, 2.45) is 5.92 Å². The largest absolute Gasteiger partial charge is 0.313 e. The van der Waals surface area contributed by atoms with E-state index in [2.05, 4.69) is 45.0 Å². The highest BCUT2D eigenvalue weighted by Crippen LogP contribution is 2.35. The van der Waals surface area contributed by atoms with Crippen LogP contribution in [0.2, 0.25) is 0 Å². The van der Waals surface area contributed by atoms with E-state index in [0.29, 0.717) is 12.1 Å². The minimum atomic E-state index is 0.589. The first kappa shape index (κ1) is 12.0. The van der Waals surface area contributed by atoms with Crippen molar-refractivity contribution in [2.45, 2.75) is 58.7 Å². The van der Waals surface area contributed by atoms with Crippen LogP contribution in [0.5, 0.6) is 0 Å². The van der Waals surface area contributed by atoms with Crippen LogP contribution >= 0.6 is 0 Å². The topological polar surface area (TPSA) is 15.3 Å². The van der Waals surface area contributed by atoms with E-state index in [1.165, 1.54) is 12.8 Å². The second-order valence-electron chi connectivity index (χ2n) is 4.83. The van der Waals surface area contributed by atoms with E-state index in [0.717, 1.165) is 18.5 Å². The van der Waals surface area contributed by atoms with E-state index >= 15 is 0 Å². The van der Waals surface area contributed by atoms with Crippen LogP contribution in [0.1, 0.15) is 40.5 Å². The first-order chi connectivity index (χ1) is 6.57. The average molecular weight is 198 g/mol. The number of rotatable bonds is 6. The zero-order valence-corrected chi connectivity index (χ0v) is 10.4. The summed E-state index contributed by atoms with van der Waals surface area (Å²) in [6.45, 7) is 10.2. The molecular formula is C12H26N2. The molecule has 0 saturated heterocycles. The van der Waals surface area contributed by atoms with Gasteiger partial charge in [0.15, 0.2) is 0 Å². The number of hydrogen-bond donors (Lipinski definition) is 1. The van der Waals surface area contributed by atoms with Crippen molar-refractivity contribution >= 4 is 0 Å². The SMILES string of the molecule is CCNC(C)C(C)N(C)C(C)C1CC1. The molecule has 0 heterocycles. The molecular weight excluding hydrogens is 172 g/mol. The minimum Gasteiger partial charge on any atom is -0.313 e. The van der Waals surface area contributed by atoms with Crippen LogP contribution in [0.25, 0.3) is 0 Å². The van der Waals surface area contributed by atoms with Gasteiger partial charge >= 0.3 is 0 Å². The zero-order chi connectivity index (χ0) is 10.7. The molecule has 0 aromatic rings. The van der Waals surface area contributed by atoms with Gasteiger partial charge in [0.1, 0.15) is 0 Å². The van der Waals surface area contributed by atoms with Crippen molar-refractivity contribution in [3.05, 3.63) is 0 Å². The molecule has 1 aliphatic rings. The predicted molar refractivity (Wildman–Crippen MR) is 62.5 cm³/mol. The van der Waals surface area contributed by atoms with Crippen LogP contribution in [-0.4, -0.2) is 36.6 Å². The summed E-state index contributed by atoms with van der Waals surface area (Å²) in [7, 11) is 2.27. The summed E-state index contributed by atoms with van der Waals surface area (Å²) in [5, 5.41) is 3.50. The molecule has 1 aliphatic carbocycles. The van der Waals surface area contributed by atoms with Crippen molar-refractivity contribution in [3.63, 3.8) is 0 Å². The maximum Gasteiger partial charge on any atom is 0.0218 e. The molecule has 1 saturated carbocycles. The summed E-state index contributed by atoms with van der Waals surface area (Å²) in [5.41, 5.74) is 0. The van der Waals surface area contributed by atoms with Gasteiger partial charge in [0.2, 0.25) is 0 Å². The van der Waals surface area contributed by atoms with Crippen molar-refractivity contribution in [3.8, 4) is 0 Å². The van der Waals surface area contributed by atoms with Crippen molar-refractivity contribution < 1.29 is 0 Å². The highest BCUT2D eigenvalue weighted by molar-refractivity contribution is 4.88. The fraction of sp³-hybridized carbons (Fsp3) is 1.00. The van der Waals surface area contributed by atoms with Gasteiger partial charge in [0.05, 0.1) is 0 Å². The Morgan fingerprint density at radius 3 is 2.29 bits per heavy atom. The van der Waals surface area contributed by atoms with E-state index in [1.54, 1.807) is 0 Å². The van der Waals surface area contributed by atoms with E-state index in [9.17, 15) is 0 Å². The number of nitrogens with zero attached hydrogens (tertiary/aromatic N) is 1. The molecule has 0 amide bonds. The first-order valence-corrected chi connectivity index (χ1v) is 6.03. The zero-order valence-electron chi connectivity index (χ0n) is 10.4. The molecule has 0 spiro atoms. The molecule has 3 atom stereocenters. The molecule has 1 rings (SSSR count). The molecule has 0 aromatic heterocycles. The summed E-state index contributed by atoms with van der Waals surface area (Å²) in [6.07, 6.45) is 2.88. The van der Waals surface area contributed by atoms with E-state index in [1.807, 2.05) is 0 Å². The lowest BCUT2D eigenvalue weighted by Gasteiger charge is -2.35. The molecule has 0 radical (unpaired) electrons. The Labute approximate surface area is 89.1 Å². The van der Waals surface area contributed by atoms with Crippen LogP contribution in [0.4, 0.5) is 0 Å². The van der Waals surface area contributed by atoms with Crippen LogP contribution in [-0.2, 0) is 0 Å². The summed E-state index contributed by atoms with van der Waals surface area (Å²) < 4.78 is 0. The van der Waals surface area contributed by atoms with Crippen molar-refractivity contribution in [1.29, 1.82) is 0 Å². The van der Waals surface area contributed by atoms with Gasteiger partial charge < -0.3 is 5.32 Å². The van der Waals surface area contributed by atoms with Gasteiger partial charge in [-0.2, -0.15) is 0 Å². The highest BCUT2D eigenvalue weighted by Gasteiger charge is 2.33. The summed E-state index contributed by atoms with van der Waals surface area (Å²) in [6, 6.07) is 1.97. The van der Waals surface area contributed by atoms with Crippen LogP contribution < -0.4 is 5.32 Å². The molecule has 0 bridgehead atoms. The van der Waals surface area contributed by atoms with Crippen LogP contribution in [0.3, 0.4) is 0 Å². The van der Waals surface area contributed by atoms with Gasteiger partial charge in [-0.1, -0.05) is 6.92 Å². The molecule has 1 N–H and O–H groups in total. The Morgan fingerprint density at radius 2 is 1.86 bits per heavy atom. The Hall–Kier alpha value is -0.0800. The molecule has 14 heavy (non-hydrogen) atoms. The monoisotopic (exact) mass is 198 g/mol. The fourth-order valence-corrected chi connectivity index (χ4v) is 2.13. The Morgan fingerprint density at radius 1 is 1.29 bits per heavy atom. The maximum absolute atomic E-state index is 3.50. The Bertz CT molecular complexity index is 166. The summed E-state index contributed by atoms with van der Waals surface area (Å²) in [5.74, 6) is 0.969. The molecule has 0 aliphatic heterocycles. The van der Waals surface area contributed by atoms with E-state index < -0.39 is 0 Å². The lowest BCUT2D eigenvalue weighted by atomic mass is 10.1. The Balaban J connectivity index is 2.37.